The first-order valence-electron chi connectivity index (χ1n) is 6.79. The Labute approximate surface area is 128 Å². The van der Waals surface area contributed by atoms with Crippen LogP contribution in [0.25, 0.3) is 0 Å². The molecular weight excluding hydrogens is 284 g/mol. The van der Waals surface area contributed by atoms with Gasteiger partial charge in [-0.3, -0.25) is 4.90 Å². The Bertz CT molecular complexity index is 676. The van der Waals surface area contributed by atoms with Crippen LogP contribution in [0.3, 0.4) is 0 Å². The summed E-state index contributed by atoms with van der Waals surface area (Å²) in [4.78, 5) is 1.86. The molecule has 7 heteroatoms. The number of benzene rings is 1. The third-order valence-corrected chi connectivity index (χ3v) is 3.50. The van der Waals surface area contributed by atoms with Crippen LogP contribution in [0.1, 0.15) is 17.7 Å². The van der Waals surface area contributed by atoms with E-state index in [1.54, 1.807) is 20.6 Å². The van der Waals surface area contributed by atoms with Crippen molar-refractivity contribution in [3.63, 3.8) is 0 Å². The first-order valence-corrected chi connectivity index (χ1v) is 6.79. The van der Waals surface area contributed by atoms with Crippen molar-refractivity contribution < 1.29 is 13.9 Å². The molecule has 1 atom stereocenters. The number of aryl methyl sites for hydroxylation is 1. The zero-order valence-corrected chi connectivity index (χ0v) is 12.7. The number of methoxy groups -OCH3 is 2. The van der Waals surface area contributed by atoms with Crippen LogP contribution in [0.5, 0.6) is 11.5 Å². The number of hydrazine groups is 1. The molecule has 0 saturated carbocycles. The van der Waals surface area contributed by atoms with E-state index in [1.165, 1.54) is 5.12 Å². The third kappa shape index (κ3) is 2.25. The normalized spacial score (nSPS) is 17.2. The fourth-order valence-electron chi connectivity index (χ4n) is 2.49. The summed E-state index contributed by atoms with van der Waals surface area (Å²) in [5.74, 6) is 8.80. The fraction of sp³-hybridized carbons (Fsp3) is 0.267. The summed E-state index contributed by atoms with van der Waals surface area (Å²) in [5.41, 5.74) is 0.739. The summed E-state index contributed by atoms with van der Waals surface area (Å²) in [6.07, 6.45) is 1.22. The second kappa shape index (κ2) is 5.61. The van der Waals surface area contributed by atoms with E-state index >= 15 is 0 Å². The van der Waals surface area contributed by atoms with Gasteiger partial charge in [-0.2, -0.15) is 5.12 Å². The SMILES string of the molecule is COc1cccc(OC)c1N1C=NN(N)C1c1ccc(C)o1. The zero-order chi connectivity index (χ0) is 15.7. The van der Waals surface area contributed by atoms with Crippen molar-refractivity contribution in [1.29, 1.82) is 0 Å². The molecular formula is C15H18N4O3. The van der Waals surface area contributed by atoms with Crippen LogP contribution in [-0.2, 0) is 0 Å². The van der Waals surface area contributed by atoms with Gasteiger partial charge in [-0.1, -0.05) is 6.07 Å². The molecule has 0 fully saturated rings. The van der Waals surface area contributed by atoms with Gasteiger partial charge in [0, 0.05) is 0 Å². The highest BCUT2D eigenvalue weighted by atomic mass is 16.5. The average molecular weight is 302 g/mol. The molecule has 0 aliphatic carbocycles. The number of rotatable bonds is 4. The number of nitrogens with two attached hydrogens (primary N) is 1. The topological polar surface area (TPSA) is 76.5 Å². The molecule has 2 heterocycles. The molecule has 0 amide bonds. The molecule has 1 unspecified atom stereocenters. The van der Waals surface area contributed by atoms with E-state index in [-0.39, 0.29) is 0 Å². The van der Waals surface area contributed by atoms with Gasteiger partial charge in [-0.05, 0) is 31.2 Å². The number of furan rings is 1. The lowest BCUT2D eigenvalue weighted by atomic mass is 10.2. The molecule has 0 saturated heterocycles. The van der Waals surface area contributed by atoms with Crippen molar-refractivity contribution in [1.82, 2.24) is 5.12 Å². The van der Waals surface area contributed by atoms with Gasteiger partial charge in [0.2, 0.25) is 0 Å². The monoisotopic (exact) mass is 302 g/mol. The zero-order valence-electron chi connectivity index (χ0n) is 12.7. The maximum Gasteiger partial charge on any atom is 0.198 e. The van der Waals surface area contributed by atoms with E-state index in [0.717, 1.165) is 11.4 Å². The van der Waals surface area contributed by atoms with Gasteiger partial charge in [0.05, 0.1) is 14.2 Å². The molecule has 1 aliphatic rings. The predicted molar refractivity (Wildman–Crippen MR) is 82.7 cm³/mol. The van der Waals surface area contributed by atoms with Crippen LogP contribution in [0, 0.1) is 6.92 Å². The molecule has 116 valence electrons. The molecule has 1 aromatic carbocycles. The van der Waals surface area contributed by atoms with Gasteiger partial charge in [0.1, 0.15) is 29.3 Å². The molecule has 7 nitrogen and oxygen atoms in total. The molecule has 1 aromatic heterocycles. The van der Waals surface area contributed by atoms with Gasteiger partial charge >= 0.3 is 0 Å². The van der Waals surface area contributed by atoms with E-state index in [0.29, 0.717) is 17.3 Å². The van der Waals surface area contributed by atoms with Crippen LogP contribution in [0.15, 0.2) is 39.9 Å². The van der Waals surface area contributed by atoms with Crippen LogP contribution in [0.4, 0.5) is 5.69 Å². The Kier molecular flexibility index (Phi) is 3.64. The van der Waals surface area contributed by atoms with E-state index in [1.807, 2.05) is 42.2 Å². The van der Waals surface area contributed by atoms with Crippen molar-refractivity contribution >= 4 is 12.0 Å². The molecule has 3 rings (SSSR count). The van der Waals surface area contributed by atoms with Crippen molar-refractivity contribution in [3.05, 3.63) is 41.9 Å². The lowest BCUT2D eigenvalue weighted by Crippen LogP contribution is -2.35. The van der Waals surface area contributed by atoms with Crippen LogP contribution >= 0.6 is 0 Å². The Morgan fingerprint density at radius 3 is 2.36 bits per heavy atom. The summed E-state index contributed by atoms with van der Waals surface area (Å²) in [7, 11) is 3.22. The minimum Gasteiger partial charge on any atom is -0.494 e. The highest BCUT2D eigenvalue weighted by Gasteiger charge is 2.34. The van der Waals surface area contributed by atoms with Crippen molar-refractivity contribution in [3.8, 4) is 11.5 Å². The maximum absolute atomic E-state index is 5.98. The molecule has 0 spiro atoms. The summed E-state index contributed by atoms with van der Waals surface area (Å²) < 4.78 is 16.6. The number of hydrazone groups is 1. The van der Waals surface area contributed by atoms with Gasteiger partial charge in [-0.25, -0.2) is 5.84 Å². The van der Waals surface area contributed by atoms with Crippen LogP contribution in [-0.4, -0.2) is 25.7 Å². The van der Waals surface area contributed by atoms with Crippen LogP contribution in [0.2, 0.25) is 0 Å². The lowest BCUT2D eigenvalue weighted by Gasteiger charge is -2.28. The number of anilines is 1. The lowest BCUT2D eigenvalue weighted by molar-refractivity contribution is 0.210. The Morgan fingerprint density at radius 1 is 1.14 bits per heavy atom. The summed E-state index contributed by atoms with van der Waals surface area (Å²) >= 11 is 0. The molecule has 2 N–H and O–H groups in total. The van der Waals surface area contributed by atoms with Gasteiger partial charge in [0.25, 0.3) is 0 Å². The van der Waals surface area contributed by atoms with Crippen molar-refractivity contribution in [2.75, 3.05) is 19.1 Å². The quantitative estimate of drug-likeness (QED) is 0.873. The molecule has 1 aliphatic heterocycles. The molecule has 22 heavy (non-hydrogen) atoms. The minimum atomic E-state index is -0.404. The first-order chi connectivity index (χ1) is 10.7. The standard InChI is InChI=1S/C15H18N4O3/c1-10-7-8-13(22-10)15-18(9-17-19(15)16)14-11(20-2)5-4-6-12(14)21-3/h4-9,15H,16H2,1-3H3. The molecule has 0 radical (unpaired) electrons. The predicted octanol–water partition coefficient (Wildman–Crippen LogP) is 2.24. The Morgan fingerprint density at radius 2 is 1.82 bits per heavy atom. The van der Waals surface area contributed by atoms with Gasteiger partial charge < -0.3 is 13.9 Å². The Hall–Kier alpha value is -2.67. The molecule has 2 aromatic rings. The highest BCUT2D eigenvalue weighted by Crippen LogP contribution is 2.43. The number of para-hydroxylation sites is 1. The summed E-state index contributed by atoms with van der Waals surface area (Å²) in [6.45, 7) is 1.88. The fourth-order valence-corrected chi connectivity index (χ4v) is 2.49. The number of ether oxygens (including phenoxy) is 2. The average Bonchev–Trinajstić information content (AvgIpc) is 3.11. The second-order valence-electron chi connectivity index (χ2n) is 4.85. The van der Waals surface area contributed by atoms with E-state index in [2.05, 4.69) is 5.10 Å². The Balaban J connectivity index is 2.08. The van der Waals surface area contributed by atoms with Crippen LogP contribution < -0.4 is 20.2 Å². The number of hydrogen-bond donors (Lipinski definition) is 1. The first kappa shape index (κ1) is 14.3. The summed E-state index contributed by atoms with van der Waals surface area (Å²) in [6, 6.07) is 9.34. The van der Waals surface area contributed by atoms with Gasteiger partial charge in [0.15, 0.2) is 11.9 Å². The molecule has 0 bridgehead atoms. The smallest absolute Gasteiger partial charge is 0.198 e. The third-order valence-electron chi connectivity index (χ3n) is 3.50. The number of hydrogen-bond acceptors (Lipinski definition) is 7. The van der Waals surface area contributed by atoms with E-state index in [4.69, 9.17) is 19.7 Å². The van der Waals surface area contributed by atoms with Crippen molar-refractivity contribution in [2.45, 2.75) is 13.1 Å². The summed E-state index contributed by atoms with van der Waals surface area (Å²) in [5, 5.41) is 5.49. The number of nitrogens with zero attached hydrogens (tertiary/aromatic N) is 3. The maximum atomic E-state index is 5.98. The van der Waals surface area contributed by atoms with E-state index in [9.17, 15) is 0 Å². The highest BCUT2D eigenvalue weighted by molar-refractivity contribution is 5.87. The van der Waals surface area contributed by atoms with Gasteiger partial charge in [-0.15, -0.1) is 5.10 Å². The minimum absolute atomic E-state index is 0.404. The van der Waals surface area contributed by atoms with Crippen molar-refractivity contribution in [2.24, 2.45) is 10.9 Å². The van der Waals surface area contributed by atoms with E-state index < -0.39 is 6.17 Å². The largest absolute Gasteiger partial charge is 0.494 e. The second-order valence-corrected chi connectivity index (χ2v) is 4.85.